The van der Waals surface area contributed by atoms with E-state index in [9.17, 15) is 0 Å². The van der Waals surface area contributed by atoms with Crippen LogP contribution in [0.15, 0.2) is 17.0 Å². The van der Waals surface area contributed by atoms with Crippen molar-refractivity contribution >= 4 is 55.5 Å². The Bertz CT molecular complexity index is 241. The molecule has 1 nitrogen and oxygen atoms in total. The van der Waals surface area contributed by atoms with Crippen molar-refractivity contribution in [1.29, 1.82) is 0 Å². The summed E-state index contributed by atoms with van der Waals surface area (Å²) < 4.78 is 1.09. The van der Waals surface area contributed by atoms with E-state index < -0.39 is 0 Å². The molecule has 4 heteroatoms. The normalized spacial score (nSPS) is 9.90. The summed E-state index contributed by atoms with van der Waals surface area (Å²) in [5, 5.41) is 1.05. The third-order valence-corrected chi connectivity index (χ3v) is 3.59. The molecule has 10 heavy (non-hydrogen) atoms. The first kappa shape index (κ1) is 8.62. The van der Waals surface area contributed by atoms with Crippen LogP contribution in [0.25, 0.3) is 0 Å². The van der Waals surface area contributed by atoms with Gasteiger partial charge in [-0.15, -0.1) is 21.9 Å². The fourth-order valence-corrected chi connectivity index (χ4v) is 2.08. The predicted octanol–water partition coefficient (Wildman–Crippen LogP) is 1.66. The van der Waals surface area contributed by atoms with E-state index in [1.54, 1.807) is 0 Å². The number of thiol groups is 1. The smallest absolute Gasteiger partial charge is 0.0331 e. The van der Waals surface area contributed by atoms with Gasteiger partial charge in [0.05, 0.1) is 0 Å². The second kappa shape index (κ2) is 3.28. The lowest BCUT2D eigenvalue weighted by Gasteiger charge is -2.02. The van der Waals surface area contributed by atoms with E-state index in [4.69, 9.17) is 5.73 Å². The Balaban J connectivity index is 3.31. The summed E-state index contributed by atoms with van der Waals surface area (Å²) in [4.78, 5) is 0.986. The van der Waals surface area contributed by atoms with Gasteiger partial charge < -0.3 is 5.73 Å². The lowest BCUT2D eigenvalue weighted by Crippen LogP contribution is -1.99. The van der Waals surface area contributed by atoms with Gasteiger partial charge >= 0.3 is 0 Å². The highest BCUT2D eigenvalue weighted by atomic mass is 127. The number of halogens is 1. The number of anilines is 1. The fourth-order valence-electron chi connectivity index (χ4n) is 0.642. The van der Waals surface area contributed by atoms with Crippen molar-refractivity contribution in [1.82, 2.24) is 0 Å². The molecule has 54 valence electrons. The van der Waals surface area contributed by atoms with Crippen molar-refractivity contribution in [3.05, 3.63) is 15.7 Å². The Morgan fingerprint density at radius 1 is 1.50 bits per heavy atom. The number of hydrogen-bond donors (Lipinski definition) is 2. The zero-order valence-electron chi connectivity index (χ0n) is 5.13. The Labute approximate surface area is 81.5 Å². The van der Waals surface area contributed by atoms with Gasteiger partial charge in [0.1, 0.15) is 0 Å². The zero-order chi connectivity index (χ0) is 7.72. The second-order valence-electron chi connectivity index (χ2n) is 1.94. The van der Waals surface area contributed by atoms with Crippen molar-refractivity contribution < 1.29 is 0 Å². The Hall–Kier alpha value is 0.530. The van der Waals surface area contributed by atoms with Crippen molar-refractivity contribution in [2.24, 2.45) is 0 Å². The fraction of sp³-hybridized carbons (Fsp3) is 0. The van der Waals surface area contributed by atoms with Crippen LogP contribution in [0.3, 0.4) is 0 Å². The van der Waals surface area contributed by atoms with E-state index in [0.717, 1.165) is 19.5 Å². The number of benzene rings is 1. The van der Waals surface area contributed by atoms with Crippen molar-refractivity contribution in [2.75, 3.05) is 5.73 Å². The summed E-state index contributed by atoms with van der Waals surface area (Å²) in [5.41, 5.74) is 6.36. The van der Waals surface area contributed by atoms with E-state index in [0.29, 0.717) is 0 Å². The quantitative estimate of drug-likeness (QED) is 0.322. The van der Waals surface area contributed by atoms with Crippen LogP contribution in [-0.4, -0.2) is 0 Å². The standard InChI is InChI=1S/C6H7INPS/c7-4-1-3(8)2-5(9)6(4)10/h1-2,10H,8-9H2. The average Bonchev–Trinajstić information content (AvgIpc) is 1.82. The molecule has 0 saturated heterocycles. The predicted molar refractivity (Wildman–Crippen MR) is 60.2 cm³/mol. The largest absolute Gasteiger partial charge is 0.399 e. The molecular formula is C6H7INPS. The molecule has 0 aliphatic carbocycles. The molecule has 1 unspecified atom stereocenters. The lowest BCUT2D eigenvalue weighted by atomic mass is 10.3. The van der Waals surface area contributed by atoms with Gasteiger partial charge in [0.15, 0.2) is 0 Å². The van der Waals surface area contributed by atoms with E-state index in [1.165, 1.54) is 0 Å². The number of nitrogen functional groups attached to an aromatic ring is 1. The van der Waals surface area contributed by atoms with Gasteiger partial charge in [0.25, 0.3) is 0 Å². The minimum Gasteiger partial charge on any atom is -0.399 e. The molecule has 1 atom stereocenters. The molecule has 0 aliphatic heterocycles. The minimum absolute atomic E-state index is 0.784. The van der Waals surface area contributed by atoms with Crippen LogP contribution >= 0.6 is 44.5 Å². The highest BCUT2D eigenvalue weighted by Gasteiger charge is 1.99. The molecule has 0 aliphatic rings. The molecule has 2 N–H and O–H groups in total. The van der Waals surface area contributed by atoms with Crippen LogP contribution in [0.2, 0.25) is 0 Å². The molecule has 1 aromatic carbocycles. The van der Waals surface area contributed by atoms with Gasteiger partial charge in [-0.2, -0.15) is 0 Å². The van der Waals surface area contributed by atoms with Gasteiger partial charge in [0.2, 0.25) is 0 Å². The highest BCUT2D eigenvalue weighted by molar-refractivity contribution is 14.1. The Morgan fingerprint density at radius 3 is 2.60 bits per heavy atom. The first-order valence-corrected chi connectivity index (χ1v) is 4.75. The monoisotopic (exact) mass is 283 g/mol. The number of hydrogen-bond acceptors (Lipinski definition) is 2. The molecule has 0 amide bonds. The van der Waals surface area contributed by atoms with E-state index >= 15 is 0 Å². The molecule has 0 radical (unpaired) electrons. The number of nitrogens with two attached hydrogens (primary N) is 1. The SMILES string of the molecule is Nc1cc(P)c(S)c(I)c1. The summed E-state index contributed by atoms with van der Waals surface area (Å²) in [6.45, 7) is 0. The van der Waals surface area contributed by atoms with Crippen molar-refractivity contribution in [2.45, 2.75) is 4.90 Å². The topological polar surface area (TPSA) is 26.0 Å². The molecular weight excluding hydrogens is 276 g/mol. The maximum absolute atomic E-state index is 5.58. The minimum atomic E-state index is 0.784. The zero-order valence-corrected chi connectivity index (χ0v) is 9.34. The van der Waals surface area contributed by atoms with Crippen LogP contribution < -0.4 is 11.0 Å². The summed E-state index contributed by atoms with van der Waals surface area (Å²) in [6, 6.07) is 3.78. The molecule has 1 rings (SSSR count). The van der Waals surface area contributed by atoms with Crippen LogP contribution in [0.4, 0.5) is 5.69 Å². The molecule has 0 bridgehead atoms. The van der Waals surface area contributed by atoms with Crippen LogP contribution in [0, 0.1) is 3.57 Å². The molecule has 0 aromatic heterocycles. The van der Waals surface area contributed by atoms with Crippen LogP contribution in [0.1, 0.15) is 0 Å². The van der Waals surface area contributed by atoms with E-state index in [2.05, 4.69) is 44.5 Å². The van der Waals surface area contributed by atoms with Gasteiger partial charge in [-0.3, -0.25) is 0 Å². The third kappa shape index (κ3) is 1.77. The van der Waals surface area contributed by atoms with Gasteiger partial charge in [0, 0.05) is 14.2 Å². The van der Waals surface area contributed by atoms with Gasteiger partial charge in [-0.05, 0) is 40.0 Å². The molecule has 1 aromatic rings. The van der Waals surface area contributed by atoms with E-state index in [-0.39, 0.29) is 0 Å². The van der Waals surface area contributed by atoms with Crippen LogP contribution in [0.5, 0.6) is 0 Å². The summed E-state index contributed by atoms with van der Waals surface area (Å²) in [6.07, 6.45) is 0. The van der Waals surface area contributed by atoms with Crippen LogP contribution in [-0.2, 0) is 0 Å². The third-order valence-electron chi connectivity index (χ3n) is 1.12. The number of rotatable bonds is 0. The van der Waals surface area contributed by atoms with Gasteiger partial charge in [-0.1, -0.05) is 0 Å². The maximum atomic E-state index is 5.58. The second-order valence-corrected chi connectivity index (χ2v) is 4.17. The summed E-state index contributed by atoms with van der Waals surface area (Å²) >= 11 is 6.48. The summed E-state index contributed by atoms with van der Waals surface area (Å²) in [5.74, 6) is 0. The highest BCUT2D eigenvalue weighted by Crippen LogP contribution is 2.18. The maximum Gasteiger partial charge on any atom is 0.0331 e. The lowest BCUT2D eigenvalue weighted by molar-refractivity contribution is 1.47. The first-order valence-electron chi connectivity index (χ1n) is 2.64. The van der Waals surface area contributed by atoms with Crippen molar-refractivity contribution in [3.63, 3.8) is 0 Å². The molecule has 0 fully saturated rings. The average molecular weight is 283 g/mol. The summed E-state index contributed by atoms with van der Waals surface area (Å²) in [7, 11) is 2.59. The Morgan fingerprint density at radius 2 is 2.10 bits per heavy atom. The first-order chi connectivity index (χ1) is 4.61. The van der Waals surface area contributed by atoms with Gasteiger partial charge in [-0.25, -0.2) is 0 Å². The Kier molecular flexibility index (Phi) is 2.83. The molecule has 0 spiro atoms. The van der Waals surface area contributed by atoms with Crippen molar-refractivity contribution in [3.8, 4) is 0 Å². The van der Waals surface area contributed by atoms with E-state index in [1.807, 2.05) is 12.1 Å². The molecule has 0 heterocycles. The molecule has 0 saturated carbocycles.